The zero-order valence-electron chi connectivity index (χ0n) is 18.0. The van der Waals surface area contributed by atoms with Crippen LogP contribution < -0.4 is 5.73 Å². The summed E-state index contributed by atoms with van der Waals surface area (Å²) in [5.41, 5.74) is 5.19. The molecule has 2 unspecified atom stereocenters. The van der Waals surface area contributed by atoms with Crippen LogP contribution >= 0.6 is 19.6 Å². The second kappa shape index (κ2) is 18.8. The van der Waals surface area contributed by atoms with E-state index in [0.29, 0.717) is 0 Å². The van der Waals surface area contributed by atoms with Crippen LogP contribution in [0.25, 0.3) is 0 Å². The van der Waals surface area contributed by atoms with Gasteiger partial charge in [-0.2, -0.15) is 11.8 Å². The van der Waals surface area contributed by atoms with Gasteiger partial charge < -0.3 is 20.1 Å². The number of phosphoric acid groups is 1. The Balaban J connectivity index is 3.99. The van der Waals surface area contributed by atoms with Gasteiger partial charge in [0, 0.05) is 13.5 Å². The number of hydrogen-bond donors (Lipinski definition) is 2. The molecule has 0 aromatic rings. The lowest BCUT2D eigenvalue weighted by Gasteiger charge is -2.19. The van der Waals surface area contributed by atoms with Crippen LogP contribution in [0.15, 0.2) is 12.2 Å². The van der Waals surface area contributed by atoms with Crippen molar-refractivity contribution in [3.05, 3.63) is 12.2 Å². The summed E-state index contributed by atoms with van der Waals surface area (Å²) in [5.74, 6) is -0.0427. The third kappa shape index (κ3) is 19.1. The SMILES string of the molecule is CCCC=CCCCCCSCC(=O)OCC(COP(=O)(O)OCCN)OC(C)=O. The first-order valence-electron chi connectivity index (χ1n) is 10.2. The molecule has 30 heavy (non-hydrogen) atoms. The Bertz CT molecular complexity index is 547. The predicted molar refractivity (Wildman–Crippen MR) is 117 cm³/mol. The van der Waals surface area contributed by atoms with Crippen molar-refractivity contribution in [1.29, 1.82) is 0 Å². The fraction of sp³-hybridized carbons (Fsp3) is 0.789. The van der Waals surface area contributed by atoms with Crippen LogP contribution in [0.5, 0.6) is 0 Å². The van der Waals surface area contributed by atoms with Crippen molar-refractivity contribution in [2.75, 3.05) is 37.9 Å². The topological polar surface area (TPSA) is 134 Å². The van der Waals surface area contributed by atoms with Gasteiger partial charge in [0.05, 0.1) is 19.0 Å². The fourth-order valence-corrected chi connectivity index (χ4v) is 3.73. The predicted octanol–water partition coefficient (Wildman–Crippen LogP) is 3.20. The van der Waals surface area contributed by atoms with Gasteiger partial charge in [0.2, 0.25) is 0 Å². The Morgan fingerprint density at radius 2 is 1.87 bits per heavy atom. The summed E-state index contributed by atoms with van der Waals surface area (Å²) in [4.78, 5) is 32.5. The number of esters is 2. The molecular weight excluding hydrogens is 433 g/mol. The quantitative estimate of drug-likeness (QED) is 0.126. The van der Waals surface area contributed by atoms with Crippen molar-refractivity contribution in [2.24, 2.45) is 5.73 Å². The number of carbonyl (C=O) groups is 2. The second-order valence-electron chi connectivity index (χ2n) is 6.46. The Hall–Kier alpha value is -0.900. The van der Waals surface area contributed by atoms with Gasteiger partial charge in [0.25, 0.3) is 0 Å². The van der Waals surface area contributed by atoms with Crippen LogP contribution in [-0.2, 0) is 32.7 Å². The maximum atomic E-state index is 11.8. The van der Waals surface area contributed by atoms with E-state index in [4.69, 9.17) is 19.7 Å². The summed E-state index contributed by atoms with van der Waals surface area (Å²) in [6.07, 6.45) is 10.1. The van der Waals surface area contributed by atoms with Crippen LogP contribution in [0.4, 0.5) is 0 Å². The molecule has 0 saturated heterocycles. The lowest BCUT2D eigenvalue weighted by atomic mass is 10.2. The van der Waals surface area contributed by atoms with Crippen molar-refractivity contribution < 1.29 is 37.6 Å². The van der Waals surface area contributed by atoms with Crippen molar-refractivity contribution in [3.8, 4) is 0 Å². The van der Waals surface area contributed by atoms with Gasteiger partial charge in [-0.1, -0.05) is 31.9 Å². The summed E-state index contributed by atoms with van der Waals surface area (Å²) in [6.45, 7) is 2.49. The zero-order valence-corrected chi connectivity index (χ0v) is 19.7. The monoisotopic (exact) mass is 469 g/mol. The van der Waals surface area contributed by atoms with E-state index >= 15 is 0 Å². The Labute approximate surface area is 183 Å². The van der Waals surface area contributed by atoms with Crippen LogP contribution in [0.1, 0.15) is 52.4 Å². The van der Waals surface area contributed by atoms with Crippen LogP contribution in [0.2, 0.25) is 0 Å². The third-order valence-corrected chi connectivity index (χ3v) is 5.56. The number of ether oxygens (including phenoxy) is 2. The lowest BCUT2D eigenvalue weighted by Crippen LogP contribution is -2.29. The highest BCUT2D eigenvalue weighted by atomic mass is 32.2. The molecule has 0 fully saturated rings. The van der Waals surface area contributed by atoms with E-state index < -0.39 is 32.5 Å². The average molecular weight is 470 g/mol. The standard InChI is InChI=1S/C19H36NO8PS/c1-3-4-5-6-7-8-9-10-13-30-16-19(22)25-14-18(28-17(2)21)15-27-29(23,24)26-12-11-20/h5-6,18H,3-4,7-16,20H2,1-2H3,(H,23,24). The van der Waals surface area contributed by atoms with E-state index in [1.54, 1.807) is 0 Å². The molecule has 0 heterocycles. The van der Waals surface area contributed by atoms with Crippen molar-refractivity contribution in [3.63, 3.8) is 0 Å². The minimum atomic E-state index is -4.31. The van der Waals surface area contributed by atoms with Crippen molar-refractivity contribution >= 4 is 31.5 Å². The molecule has 9 nitrogen and oxygen atoms in total. The molecular formula is C19H36NO8PS. The van der Waals surface area contributed by atoms with Crippen molar-refractivity contribution in [1.82, 2.24) is 0 Å². The average Bonchev–Trinajstić information content (AvgIpc) is 2.69. The van der Waals surface area contributed by atoms with E-state index in [-0.39, 0.29) is 25.5 Å². The number of unbranched alkanes of at least 4 members (excludes halogenated alkanes) is 4. The highest BCUT2D eigenvalue weighted by Crippen LogP contribution is 2.43. The minimum Gasteiger partial charge on any atom is -0.461 e. The number of allylic oxidation sites excluding steroid dienone is 2. The molecule has 176 valence electrons. The summed E-state index contributed by atoms with van der Waals surface area (Å²) in [6, 6.07) is 0. The highest BCUT2D eigenvalue weighted by molar-refractivity contribution is 7.99. The second-order valence-corrected chi connectivity index (χ2v) is 9.02. The molecule has 0 saturated carbocycles. The van der Waals surface area contributed by atoms with Gasteiger partial charge in [-0.05, 0) is 31.4 Å². The first kappa shape index (κ1) is 29.1. The van der Waals surface area contributed by atoms with Gasteiger partial charge in [0.1, 0.15) is 6.61 Å². The van der Waals surface area contributed by atoms with E-state index in [0.717, 1.165) is 37.9 Å². The molecule has 0 bridgehead atoms. The normalized spacial score (nSPS) is 14.4. The molecule has 3 N–H and O–H groups in total. The molecule has 0 aromatic heterocycles. The number of rotatable bonds is 19. The molecule has 0 aromatic carbocycles. The summed E-state index contributed by atoms with van der Waals surface area (Å²) in [7, 11) is -4.31. The number of phosphoric ester groups is 1. The molecule has 0 radical (unpaired) electrons. The van der Waals surface area contributed by atoms with Gasteiger partial charge in [-0.15, -0.1) is 0 Å². The molecule has 0 rings (SSSR count). The third-order valence-electron chi connectivity index (χ3n) is 3.56. The van der Waals surface area contributed by atoms with E-state index in [1.807, 2.05) is 0 Å². The van der Waals surface area contributed by atoms with E-state index in [1.165, 1.54) is 25.1 Å². The molecule has 0 aliphatic carbocycles. The minimum absolute atomic E-state index is 0.0482. The van der Waals surface area contributed by atoms with Crippen LogP contribution in [0.3, 0.4) is 0 Å². The number of hydrogen-bond acceptors (Lipinski definition) is 9. The number of carbonyl (C=O) groups excluding carboxylic acids is 2. The van der Waals surface area contributed by atoms with E-state index in [2.05, 4.69) is 23.6 Å². The maximum absolute atomic E-state index is 11.8. The molecule has 0 amide bonds. The lowest BCUT2D eigenvalue weighted by molar-refractivity contribution is -0.158. The smallest absolute Gasteiger partial charge is 0.461 e. The number of nitrogens with two attached hydrogens (primary N) is 1. The Kier molecular flexibility index (Phi) is 18.3. The number of thioether (sulfide) groups is 1. The molecule has 0 aliphatic heterocycles. The maximum Gasteiger partial charge on any atom is 0.472 e. The van der Waals surface area contributed by atoms with Gasteiger partial charge in [-0.25, -0.2) is 4.57 Å². The Morgan fingerprint density at radius 3 is 2.53 bits per heavy atom. The molecule has 2 atom stereocenters. The van der Waals surface area contributed by atoms with Crippen LogP contribution in [0, 0.1) is 0 Å². The first-order valence-corrected chi connectivity index (χ1v) is 12.8. The largest absolute Gasteiger partial charge is 0.472 e. The fourth-order valence-electron chi connectivity index (χ4n) is 2.16. The van der Waals surface area contributed by atoms with Gasteiger partial charge in [-0.3, -0.25) is 18.6 Å². The zero-order chi connectivity index (χ0) is 22.7. The molecule has 11 heteroatoms. The Morgan fingerprint density at radius 1 is 1.13 bits per heavy atom. The highest BCUT2D eigenvalue weighted by Gasteiger charge is 2.25. The summed E-state index contributed by atoms with van der Waals surface area (Å²) < 4.78 is 31.0. The summed E-state index contributed by atoms with van der Waals surface area (Å²) >= 11 is 1.48. The van der Waals surface area contributed by atoms with Crippen LogP contribution in [-0.4, -0.2) is 60.8 Å². The van der Waals surface area contributed by atoms with E-state index in [9.17, 15) is 19.0 Å². The molecule has 0 spiro atoms. The first-order chi connectivity index (χ1) is 14.3. The van der Waals surface area contributed by atoms with Gasteiger partial charge in [0.15, 0.2) is 6.10 Å². The van der Waals surface area contributed by atoms with Gasteiger partial charge >= 0.3 is 19.8 Å². The molecule has 0 aliphatic rings. The summed E-state index contributed by atoms with van der Waals surface area (Å²) in [5, 5.41) is 0. The van der Waals surface area contributed by atoms with Crippen molar-refractivity contribution in [2.45, 2.75) is 58.5 Å².